The van der Waals surface area contributed by atoms with Crippen LogP contribution in [-0.4, -0.2) is 41.1 Å². The molecule has 0 saturated carbocycles. The van der Waals surface area contributed by atoms with Gasteiger partial charge in [-0.3, -0.25) is 4.68 Å². The first-order chi connectivity index (χ1) is 15.2. The van der Waals surface area contributed by atoms with Crippen LogP contribution in [0, 0.1) is 18.3 Å². The number of hydrogen-bond acceptors (Lipinski definition) is 5. The number of rotatable bonds is 5. The first kappa shape index (κ1) is 19.5. The van der Waals surface area contributed by atoms with Crippen molar-refractivity contribution in [2.24, 2.45) is 0 Å². The highest BCUT2D eigenvalue weighted by molar-refractivity contribution is 5.89. The van der Waals surface area contributed by atoms with Crippen LogP contribution in [0.4, 0.5) is 0 Å². The molecule has 1 fully saturated rings. The molecule has 5 rings (SSSR count). The van der Waals surface area contributed by atoms with Gasteiger partial charge in [-0.15, -0.1) is 0 Å². The van der Waals surface area contributed by atoms with Gasteiger partial charge in [0.05, 0.1) is 19.2 Å². The Labute approximate surface area is 180 Å². The topological polar surface area (TPSA) is 87.9 Å². The van der Waals surface area contributed by atoms with Crippen LogP contribution in [0.2, 0.25) is 0 Å². The van der Waals surface area contributed by atoms with Crippen LogP contribution in [-0.2, 0) is 6.54 Å². The molecule has 158 valence electrons. The highest BCUT2D eigenvalue weighted by Crippen LogP contribution is 2.33. The number of H-pyrrole nitrogens is 1. The van der Waals surface area contributed by atoms with Crippen molar-refractivity contribution in [3.63, 3.8) is 0 Å². The minimum Gasteiger partial charge on any atom is -0.496 e. The number of ether oxygens (including phenoxy) is 2. The molecular weight excluding hydrogens is 390 g/mol. The first-order valence-electron chi connectivity index (χ1n) is 10.6. The molecule has 0 aliphatic carbocycles. The van der Waals surface area contributed by atoms with Crippen molar-refractivity contribution in [2.45, 2.75) is 32.4 Å². The molecule has 0 amide bonds. The lowest BCUT2D eigenvalue weighted by Gasteiger charge is -2.24. The molecule has 3 heterocycles. The van der Waals surface area contributed by atoms with Crippen LogP contribution in [0.15, 0.2) is 36.7 Å². The molecule has 0 radical (unpaired) electrons. The molecule has 1 aliphatic heterocycles. The van der Waals surface area contributed by atoms with E-state index in [1.165, 1.54) is 0 Å². The highest BCUT2D eigenvalue weighted by Gasteiger charge is 2.20. The van der Waals surface area contributed by atoms with Gasteiger partial charge in [0, 0.05) is 40.8 Å². The number of nitrogens with one attached hydrogen (secondary N) is 2. The average Bonchev–Trinajstić information content (AvgIpc) is 3.44. The van der Waals surface area contributed by atoms with Crippen molar-refractivity contribution >= 4 is 21.8 Å². The molecule has 7 nitrogen and oxygen atoms in total. The number of aryl methyl sites for hydroxylation is 1. The SMILES string of the molecule is COc1cc(C)c2[nH]ccc2c1Cn1cc2ccc(C#N)c(O[C@@H]3CCCNC3)c2n1. The number of benzene rings is 2. The van der Waals surface area contributed by atoms with E-state index in [-0.39, 0.29) is 6.10 Å². The van der Waals surface area contributed by atoms with Crippen molar-refractivity contribution in [2.75, 3.05) is 20.2 Å². The van der Waals surface area contributed by atoms with E-state index in [0.29, 0.717) is 17.9 Å². The molecule has 2 aromatic carbocycles. The second kappa shape index (κ2) is 7.97. The Morgan fingerprint density at radius 3 is 3.00 bits per heavy atom. The maximum absolute atomic E-state index is 9.64. The number of aromatic amines is 1. The van der Waals surface area contributed by atoms with Gasteiger partial charge in [-0.25, -0.2) is 0 Å². The number of nitrogens with zero attached hydrogens (tertiary/aromatic N) is 3. The molecule has 0 spiro atoms. The van der Waals surface area contributed by atoms with E-state index in [1.54, 1.807) is 7.11 Å². The number of fused-ring (bicyclic) bond motifs is 2. The summed E-state index contributed by atoms with van der Waals surface area (Å²) in [6.45, 7) is 4.42. The molecule has 4 aromatic rings. The zero-order chi connectivity index (χ0) is 21.4. The molecule has 31 heavy (non-hydrogen) atoms. The van der Waals surface area contributed by atoms with E-state index in [4.69, 9.17) is 14.6 Å². The van der Waals surface area contributed by atoms with Gasteiger partial charge >= 0.3 is 0 Å². The monoisotopic (exact) mass is 415 g/mol. The third-order valence-corrected chi connectivity index (χ3v) is 5.99. The molecule has 2 aromatic heterocycles. The Morgan fingerprint density at radius 2 is 2.23 bits per heavy atom. The summed E-state index contributed by atoms with van der Waals surface area (Å²) in [6.07, 6.45) is 6.04. The predicted octanol–water partition coefficient (Wildman–Crippen LogP) is 3.89. The fraction of sp³-hybridized carbons (Fsp3) is 0.333. The zero-order valence-corrected chi connectivity index (χ0v) is 17.7. The summed E-state index contributed by atoms with van der Waals surface area (Å²) in [6, 6.07) is 10.1. The van der Waals surface area contributed by atoms with E-state index < -0.39 is 0 Å². The fourth-order valence-electron chi connectivity index (χ4n) is 4.43. The van der Waals surface area contributed by atoms with Crippen molar-refractivity contribution in [1.82, 2.24) is 20.1 Å². The molecule has 2 N–H and O–H groups in total. The molecule has 0 unspecified atom stereocenters. The van der Waals surface area contributed by atoms with E-state index in [9.17, 15) is 5.26 Å². The van der Waals surface area contributed by atoms with Gasteiger partial charge in [-0.2, -0.15) is 10.4 Å². The average molecular weight is 415 g/mol. The largest absolute Gasteiger partial charge is 0.496 e. The quantitative estimate of drug-likeness (QED) is 0.516. The Balaban J connectivity index is 1.56. The van der Waals surface area contributed by atoms with Crippen LogP contribution in [0.1, 0.15) is 29.5 Å². The van der Waals surface area contributed by atoms with Crippen molar-refractivity contribution < 1.29 is 9.47 Å². The molecule has 1 saturated heterocycles. The Hall–Kier alpha value is -3.50. The lowest BCUT2D eigenvalue weighted by molar-refractivity contribution is 0.168. The third kappa shape index (κ3) is 3.49. The van der Waals surface area contributed by atoms with E-state index >= 15 is 0 Å². The number of piperidine rings is 1. The van der Waals surface area contributed by atoms with Gasteiger partial charge in [0.25, 0.3) is 0 Å². The number of nitriles is 1. The van der Waals surface area contributed by atoms with E-state index in [0.717, 1.165) is 64.6 Å². The number of methoxy groups -OCH3 is 1. The van der Waals surface area contributed by atoms with Gasteiger partial charge in [-0.1, -0.05) is 0 Å². The third-order valence-electron chi connectivity index (χ3n) is 5.99. The summed E-state index contributed by atoms with van der Waals surface area (Å²) in [5.41, 5.74) is 4.55. The van der Waals surface area contributed by atoms with Crippen LogP contribution >= 0.6 is 0 Å². The lowest BCUT2D eigenvalue weighted by Crippen LogP contribution is -2.37. The Kier molecular flexibility index (Phi) is 5.00. The molecule has 1 aliphatic rings. The maximum Gasteiger partial charge on any atom is 0.165 e. The van der Waals surface area contributed by atoms with Crippen LogP contribution in [0.25, 0.3) is 21.8 Å². The normalized spacial score (nSPS) is 16.5. The first-order valence-corrected chi connectivity index (χ1v) is 10.6. The minimum absolute atomic E-state index is 0.0493. The fourth-order valence-corrected chi connectivity index (χ4v) is 4.43. The van der Waals surface area contributed by atoms with E-state index in [1.807, 2.05) is 29.2 Å². The molecule has 7 heteroatoms. The van der Waals surface area contributed by atoms with Gasteiger partial charge in [0.15, 0.2) is 5.75 Å². The summed E-state index contributed by atoms with van der Waals surface area (Å²) in [4.78, 5) is 3.31. The summed E-state index contributed by atoms with van der Waals surface area (Å²) >= 11 is 0. The van der Waals surface area contributed by atoms with Crippen molar-refractivity contribution in [3.05, 3.63) is 53.3 Å². The Bertz CT molecular complexity index is 1290. The maximum atomic E-state index is 9.64. The smallest absolute Gasteiger partial charge is 0.165 e. The van der Waals surface area contributed by atoms with Crippen molar-refractivity contribution in [3.8, 4) is 17.6 Å². The summed E-state index contributed by atoms with van der Waals surface area (Å²) in [7, 11) is 1.69. The summed E-state index contributed by atoms with van der Waals surface area (Å²) in [5, 5.41) is 19.9. The Morgan fingerprint density at radius 1 is 1.32 bits per heavy atom. The second-order valence-electron chi connectivity index (χ2n) is 8.05. The lowest BCUT2D eigenvalue weighted by atomic mass is 10.0. The summed E-state index contributed by atoms with van der Waals surface area (Å²) < 4.78 is 13.9. The predicted molar refractivity (Wildman–Crippen MR) is 120 cm³/mol. The second-order valence-corrected chi connectivity index (χ2v) is 8.05. The van der Waals surface area contributed by atoms with Gasteiger partial charge in [-0.05, 0) is 56.1 Å². The minimum atomic E-state index is 0.0493. The standard InChI is InChI=1S/C24H25N5O2/c1-15-10-21(30-2)20(19-7-9-27-22(15)19)14-29-13-17-6-5-16(11-25)24(23(17)28-29)31-18-4-3-8-26-12-18/h5-7,9-10,13,18,26-27H,3-4,8,12,14H2,1-2H3/t18-/m1/s1. The zero-order valence-electron chi connectivity index (χ0n) is 17.7. The number of aromatic nitrogens is 3. The van der Waals surface area contributed by atoms with Crippen LogP contribution in [0.3, 0.4) is 0 Å². The summed E-state index contributed by atoms with van der Waals surface area (Å²) in [5.74, 6) is 1.42. The van der Waals surface area contributed by atoms with Crippen LogP contribution < -0.4 is 14.8 Å². The van der Waals surface area contributed by atoms with E-state index in [2.05, 4.69) is 35.4 Å². The number of hydrogen-bond donors (Lipinski definition) is 2. The van der Waals surface area contributed by atoms with Gasteiger partial charge in [0.2, 0.25) is 0 Å². The highest BCUT2D eigenvalue weighted by atomic mass is 16.5. The molecular formula is C24H25N5O2. The van der Waals surface area contributed by atoms with Crippen LogP contribution in [0.5, 0.6) is 11.5 Å². The van der Waals surface area contributed by atoms with Gasteiger partial charge in [0.1, 0.15) is 23.4 Å². The molecule has 0 bridgehead atoms. The van der Waals surface area contributed by atoms with Gasteiger partial charge < -0.3 is 19.8 Å². The molecule has 1 atom stereocenters. The van der Waals surface area contributed by atoms with Crippen molar-refractivity contribution in [1.29, 1.82) is 5.26 Å².